The molecule has 1 fully saturated rings. The van der Waals surface area contributed by atoms with Crippen molar-refractivity contribution in [1.29, 1.82) is 0 Å². The smallest absolute Gasteiger partial charge is 0.352 e. The predicted octanol–water partition coefficient (Wildman–Crippen LogP) is 4.20. The Bertz CT molecular complexity index is 922. The quantitative estimate of drug-likeness (QED) is 0.648. The fourth-order valence-corrected chi connectivity index (χ4v) is 3.64. The molecule has 1 unspecified atom stereocenters. The Labute approximate surface area is 183 Å². The molecular formula is C23H25F4N3O2. The average Bonchev–Trinajstić information content (AvgIpc) is 2.78. The molecule has 1 atom stereocenters. The Morgan fingerprint density at radius 2 is 1.62 bits per heavy atom. The summed E-state index contributed by atoms with van der Waals surface area (Å²) in [6, 6.07) is 9.75. The molecule has 2 aromatic carbocycles. The first-order valence-corrected chi connectivity index (χ1v) is 10.4. The van der Waals surface area contributed by atoms with Crippen molar-refractivity contribution in [1.82, 2.24) is 10.2 Å². The standard InChI is InChI=1S/C23H25F4N3O2/c1-15(21(31)29-20-8-4-18(5-9-20)23(25,26)27)30-12-10-17(11-13-30)22(32)28-14-16-2-6-19(24)7-3-16/h2-9,15,17H,10-14H2,1H3,(H,28,32)(H,29,31). The molecule has 1 aliphatic rings. The Kier molecular flexibility index (Phi) is 7.50. The minimum atomic E-state index is -4.43. The summed E-state index contributed by atoms with van der Waals surface area (Å²) < 4.78 is 50.9. The van der Waals surface area contributed by atoms with Gasteiger partial charge in [-0.15, -0.1) is 0 Å². The molecule has 172 valence electrons. The Hall–Kier alpha value is -2.94. The van der Waals surface area contributed by atoms with Crippen LogP contribution in [0.4, 0.5) is 23.2 Å². The first kappa shape index (κ1) is 23.7. The molecule has 0 aliphatic carbocycles. The highest BCUT2D eigenvalue weighted by molar-refractivity contribution is 5.94. The Balaban J connectivity index is 1.45. The molecule has 0 bridgehead atoms. The number of nitrogens with zero attached hydrogens (tertiary/aromatic N) is 1. The van der Waals surface area contributed by atoms with Crippen LogP contribution in [0, 0.1) is 11.7 Å². The maximum Gasteiger partial charge on any atom is 0.416 e. The summed E-state index contributed by atoms with van der Waals surface area (Å²) in [5.41, 5.74) is 0.332. The van der Waals surface area contributed by atoms with Gasteiger partial charge in [0.15, 0.2) is 0 Å². The van der Waals surface area contributed by atoms with E-state index in [1.54, 1.807) is 19.1 Å². The lowest BCUT2D eigenvalue weighted by Crippen LogP contribution is -2.48. The normalized spacial score (nSPS) is 16.4. The molecule has 32 heavy (non-hydrogen) atoms. The van der Waals surface area contributed by atoms with E-state index < -0.39 is 17.8 Å². The molecule has 1 aliphatic heterocycles. The van der Waals surface area contributed by atoms with Gasteiger partial charge in [0, 0.05) is 18.2 Å². The number of piperidine rings is 1. The van der Waals surface area contributed by atoms with Crippen LogP contribution >= 0.6 is 0 Å². The van der Waals surface area contributed by atoms with Crippen LogP contribution in [0.15, 0.2) is 48.5 Å². The second kappa shape index (κ2) is 10.1. The fourth-order valence-electron chi connectivity index (χ4n) is 3.64. The van der Waals surface area contributed by atoms with Crippen LogP contribution in [0.1, 0.15) is 30.9 Å². The predicted molar refractivity (Wildman–Crippen MR) is 112 cm³/mol. The third kappa shape index (κ3) is 6.29. The fraction of sp³-hybridized carbons (Fsp3) is 0.391. The van der Waals surface area contributed by atoms with Crippen LogP contribution in [0.25, 0.3) is 0 Å². The number of halogens is 4. The van der Waals surface area contributed by atoms with Gasteiger partial charge in [-0.25, -0.2) is 4.39 Å². The molecule has 1 heterocycles. The van der Waals surface area contributed by atoms with Gasteiger partial charge in [-0.2, -0.15) is 13.2 Å². The molecule has 2 N–H and O–H groups in total. The van der Waals surface area contributed by atoms with Crippen molar-refractivity contribution in [3.8, 4) is 0 Å². The summed E-state index contributed by atoms with van der Waals surface area (Å²) >= 11 is 0. The molecule has 5 nitrogen and oxygen atoms in total. The first-order chi connectivity index (χ1) is 15.1. The molecule has 1 saturated heterocycles. The number of likely N-dealkylation sites (tertiary alicyclic amines) is 1. The lowest BCUT2D eigenvalue weighted by atomic mass is 9.94. The second-order valence-electron chi connectivity index (χ2n) is 7.89. The van der Waals surface area contributed by atoms with Crippen molar-refractivity contribution >= 4 is 17.5 Å². The maximum atomic E-state index is 13.0. The van der Waals surface area contributed by atoms with Crippen LogP contribution < -0.4 is 10.6 Å². The van der Waals surface area contributed by atoms with Gasteiger partial charge in [0.25, 0.3) is 0 Å². The Morgan fingerprint density at radius 1 is 1.03 bits per heavy atom. The van der Waals surface area contributed by atoms with Crippen molar-refractivity contribution in [3.05, 3.63) is 65.5 Å². The van der Waals surface area contributed by atoms with E-state index >= 15 is 0 Å². The molecule has 2 aromatic rings. The number of amides is 2. The number of carbonyl (C=O) groups excluding carboxylic acids is 2. The van der Waals surface area contributed by atoms with Crippen LogP contribution in [-0.4, -0.2) is 35.8 Å². The third-order valence-corrected chi connectivity index (χ3v) is 5.69. The molecule has 3 rings (SSSR count). The number of benzene rings is 2. The highest BCUT2D eigenvalue weighted by atomic mass is 19.4. The molecule has 0 saturated carbocycles. The van der Waals surface area contributed by atoms with Gasteiger partial charge < -0.3 is 10.6 Å². The number of carbonyl (C=O) groups is 2. The highest BCUT2D eigenvalue weighted by Gasteiger charge is 2.31. The monoisotopic (exact) mass is 451 g/mol. The molecular weight excluding hydrogens is 426 g/mol. The number of alkyl halides is 3. The first-order valence-electron chi connectivity index (χ1n) is 10.4. The van der Waals surface area contributed by atoms with Crippen molar-refractivity contribution in [2.75, 3.05) is 18.4 Å². The number of hydrogen-bond donors (Lipinski definition) is 2. The number of nitrogens with one attached hydrogen (secondary N) is 2. The number of anilines is 1. The van der Waals surface area contributed by atoms with Gasteiger partial charge in [-0.3, -0.25) is 14.5 Å². The van der Waals surface area contributed by atoms with Crippen molar-refractivity contribution in [3.63, 3.8) is 0 Å². The van der Waals surface area contributed by atoms with E-state index in [4.69, 9.17) is 0 Å². The summed E-state index contributed by atoms with van der Waals surface area (Å²) in [6.45, 7) is 3.16. The lowest BCUT2D eigenvalue weighted by Gasteiger charge is -2.34. The van der Waals surface area contributed by atoms with E-state index in [9.17, 15) is 27.2 Å². The molecule has 2 amide bonds. The van der Waals surface area contributed by atoms with Crippen molar-refractivity contribution in [2.45, 2.75) is 38.5 Å². The van der Waals surface area contributed by atoms with E-state index in [-0.39, 0.29) is 23.5 Å². The topological polar surface area (TPSA) is 61.4 Å². The van der Waals surface area contributed by atoms with Gasteiger partial charge >= 0.3 is 6.18 Å². The summed E-state index contributed by atoms with van der Waals surface area (Å²) in [5, 5.41) is 5.50. The zero-order valence-electron chi connectivity index (χ0n) is 17.6. The minimum absolute atomic E-state index is 0.0733. The van der Waals surface area contributed by atoms with E-state index in [0.717, 1.165) is 17.7 Å². The van der Waals surface area contributed by atoms with Gasteiger partial charge in [0.1, 0.15) is 5.82 Å². The van der Waals surface area contributed by atoms with Crippen LogP contribution in [0.2, 0.25) is 0 Å². The molecule has 0 spiro atoms. The molecule has 0 aromatic heterocycles. The van der Waals surface area contributed by atoms with Gasteiger partial charge in [-0.1, -0.05) is 12.1 Å². The highest BCUT2D eigenvalue weighted by Crippen LogP contribution is 2.30. The summed E-state index contributed by atoms with van der Waals surface area (Å²) in [7, 11) is 0. The van der Waals surface area contributed by atoms with Crippen LogP contribution in [0.5, 0.6) is 0 Å². The Morgan fingerprint density at radius 3 is 2.19 bits per heavy atom. The SMILES string of the molecule is CC(C(=O)Nc1ccc(C(F)(F)F)cc1)N1CCC(C(=O)NCc2ccc(F)cc2)CC1. The van der Waals surface area contributed by atoms with Crippen LogP contribution in [0.3, 0.4) is 0 Å². The molecule has 0 radical (unpaired) electrons. The molecule has 9 heteroatoms. The van der Waals surface area contributed by atoms with Crippen molar-refractivity contribution in [2.24, 2.45) is 5.92 Å². The van der Waals surface area contributed by atoms with E-state index in [2.05, 4.69) is 10.6 Å². The zero-order valence-corrected chi connectivity index (χ0v) is 17.6. The van der Waals surface area contributed by atoms with Crippen molar-refractivity contribution < 1.29 is 27.2 Å². The van der Waals surface area contributed by atoms with Crippen LogP contribution in [-0.2, 0) is 22.3 Å². The largest absolute Gasteiger partial charge is 0.416 e. The van der Waals surface area contributed by atoms with E-state index in [0.29, 0.717) is 38.2 Å². The zero-order chi connectivity index (χ0) is 23.3. The lowest BCUT2D eigenvalue weighted by molar-refractivity contribution is -0.137. The third-order valence-electron chi connectivity index (χ3n) is 5.69. The maximum absolute atomic E-state index is 13.0. The summed E-state index contributed by atoms with van der Waals surface area (Å²) in [6.07, 6.45) is -3.24. The van der Waals surface area contributed by atoms with E-state index in [1.165, 1.54) is 24.3 Å². The van der Waals surface area contributed by atoms with Gasteiger partial charge in [0.05, 0.1) is 11.6 Å². The van der Waals surface area contributed by atoms with Gasteiger partial charge in [-0.05, 0) is 74.8 Å². The summed E-state index contributed by atoms with van der Waals surface area (Å²) in [5.74, 6) is -0.888. The summed E-state index contributed by atoms with van der Waals surface area (Å²) in [4.78, 5) is 26.9. The average molecular weight is 451 g/mol. The van der Waals surface area contributed by atoms with Gasteiger partial charge in [0.2, 0.25) is 11.8 Å². The minimum Gasteiger partial charge on any atom is -0.352 e. The number of hydrogen-bond acceptors (Lipinski definition) is 3. The van der Waals surface area contributed by atoms with E-state index in [1.807, 2.05) is 4.90 Å². The number of rotatable bonds is 6. The second-order valence-corrected chi connectivity index (χ2v) is 7.89.